The van der Waals surface area contributed by atoms with Crippen LogP contribution >= 0.6 is 46.4 Å². The number of aromatic nitrogens is 2. The molecule has 0 bridgehead atoms. The summed E-state index contributed by atoms with van der Waals surface area (Å²) in [5.74, 6) is -2.53. The van der Waals surface area contributed by atoms with Crippen LogP contribution in [0.1, 0.15) is 81.8 Å². The highest BCUT2D eigenvalue weighted by molar-refractivity contribution is 6.46. The van der Waals surface area contributed by atoms with E-state index in [-0.39, 0.29) is 30.3 Å². The minimum atomic E-state index is -0.847. The van der Waals surface area contributed by atoms with Gasteiger partial charge in [-0.25, -0.2) is 0 Å². The lowest BCUT2D eigenvalue weighted by atomic mass is 9.85. The Kier molecular flexibility index (Phi) is 14.4. The van der Waals surface area contributed by atoms with Crippen molar-refractivity contribution in [2.45, 2.75) is 49.6 Å². The largest absolute Gasteiger partial charge is 0.481 e. The van der Waals surface area contributed by atoms with Crippen molar-refractivity contribution >= 4 is 92.0 Å². The monoisotopic (exact) mass is 960 g/mol. The zero-order valence-corrected chi connectivity index (χ0v) is 39.2. The van der Waals surface area contributed by atoms with E-state index in [0.717, 1.165) is 38.7 Å². The Hall–Kier alpha value is -5.34. The average molecular weight is 963 g/mol. The van der Waals surface area contributed by atoms with Crippen LogP contribution in [0, 0.1) is 0 Å². The number of rotatable bonds is 14. The molecular weight excluding hydrogens is 914 g/mol. The Morgan fingerprint density at radius 2 is 1.09 bits per heavy atom. The zero-order valence-electron chi connectivity index (χ0n) is 36.2. The van der Waals surface area contributed by atoms with Crippen molar-refractivity contribution in [3.63, 3.8) is 0 Å². The Morgan fingerprint density at radius 1 is 0.692 bits per heavy atom. The quantitative estimate of drug-likeness (QED) is 0.0722. The molecule has 16 heteroatoms. The number of hydrogen-bond donors (Lipinski definition) is 3. The molecule has 2 aliphatic heterocycles. The van der Waals surface area contributed by atoms with Crippen LogP contribution in [-0.2, 0) is 49.0 Å². The van der Waals surface area contributed by atoms with Crippen molar-refractivity contribution in [3.8, 4) is 0 Å². The third-order valence-electron chi connectivity index (χ3n) is 12.3. The Balaban J connectivity index is 0.000000195. The Labute approximate surface area is 396 Å². The first kappa shape index (κ1) is 47.6. The van der Waals surface area contributed by atoms with Crippen LogP contribution in [0.3, 0.4) is 0 Å². The molecule has 2 amide bonds. The second kappa shape index (κ2) is 19.6. The minimum Gasteiger partial charge on any atom is -0.481 e. The molecule has 0 aliphatic carbocycles. The van der Waals surface area contributed by atoms with Gasteiger partial charge in [0, 0.05) is 35.9 Å². The number of carbonyl (C=O) groups is 4. The summed E-state index contributed by atoms with van der Waals surface area (Å²) in [7, 11) is 3.62. The number of nitrogens with zero attached hydrogens (tertiary/aromatic N) is 2. The molecule has 2 atom stereocenters. The molecule has 2 aliphatic rings. The summed E-state index contributed by atoms with van der Waals surface area (Å²) in [5, 5.41) is 18.8. The van der Waals surface area contributed by atoms with Crippen molar-refractivity contribution < 1.29 is 38.5 Å². The molecule has 340 valence electrons. The van der Waals surface area contributed by atoms with Gasteiger partial charge in [-0.05, 0) is 71.5 Å². The first-order chi connectivity index (χ1) is 31.1. The highest BCUT2D eigenvalue weighted by atomic mass is 35.5. The van der Waals surface area contributed by atoms with Crippen LogP contribution in [0.15, 0.2) is 97.6 Å². The number of aryl methyl sites for hydroxylation is 2. The van der Waals surface area contributed by atoms with Crippen molar-refractivity contribution in [2.24, 2.45) is 14.1 Å². The number of carboxylic acids is 1. The molecule has 2 fully saturated rings. The van der Waals surface area contributed by atoms with E-state index < -0.39 is 23.0 Å². The molecular formula is C49H48Cl4N4O8. The summed E-state index contributed by atoms with van der Waals surface area (Å²) < 4.78 is 19.7. The molecule has 2 unspecified atom stereocenters. The number of esters is 1. The number of nitrogens with one attached hydrogen (secondary N) is 2. The van der Waals surface area contributed by atoms with E-state index in [1.165, 1.54) is 0 Å². The van der Waals surface area contributed by atoms with E-state index in [1.54, 1.807) is 46.5 Å². The van der Waals surface area contributed by atoms with Gasteiger partial charge in [-0.1, -0.05) is 121 Å². The molecule has 4 heterocycles. The van der Waals surface area contributed by atoms with Crippen LogP contribution in [0.2, 0.25) is 20.1 Å². The summed E-state index contributed by atoms with van der Waals surface area (Å²) in [6.07, 6.45) is 2.68. The average Bonchev–Trinajstić information content (AvgIpc) is 3.80. The lowest BCUT2D eigenvalue weighted by Crippen LogP contribution is -2.59. The maximum Gasteiger partial charge on any atom is 0.313 e. The molecule has 2 aromatic heterocycles. The number of carbonyl (C=O) groups excluding carboxylic acids is 3. The van der Waals surface area contributed by atoms with Gasteiger partial charge in [0.1, 0.15) is 29.1 Å². The fraction of sp³-hybridized carbons (Fsp3) is 0.306. The maximum atomic E-state index is 13.3. The van der Waals surface area contributed by atoms with E-state index in [9.17, 15) is 24.3 Å². The normalized spacial score (nSPS) is 15.7. The summed E-state index contributed by atoms with van der Waals surface area (Å²) in [4.78, 5) is 50.3. The van der Waals surface area contributed by atoms with Crippen LogP contribution in [0.4, 0.5) is 0 Å². The van der Waals surface area contributed by atoms with Gasteiger partial charge < -0.3 is 39.1 Å². The fourth-order valence-electron chi connectivity index (χ4n) is 8.33. The van der Waals surface area contributed by atoms with Gasteiger partial charge in [0.05, 0.1) is 58.4 Å². The highest BCUT2D eigenvalue weighted by Crippen LogP contribution is 2.37. The highest BCUT2D eigenvalue weighted by Gasteiger charge is 2.44. The van der Waals surface area contributed by atoms with Gasteiger partial charge in [0.15, 0.2) is 0 Å². The molecule has 4 aromatic carbocycles. The van der Waals surface area contributed by atoms with Crippen molar-refractivity contribution in [1.29, 1.82) is 0 Å². The number of ether oxygens (including phenoxy) is 3. The predicted molar refractivity (Wildman–Crippen MR) is 254 cm³/mol. The number of aliphatic carboxylic acids is 1. The molecule has 3 N–H and O–H groups in total. The van der Waals surface area contributed by atoms with Crippen LogP contribution < -0.4 is 10.6 Å². The fourth-order valence-corrected chi connectivity index (χ4v) is 9.09. The zero-order chi connectivity index (χ0) is 46.8. The molecule has 2 saturated heterocycles. The third kappa shape index (κ3) is 9.25. The Morgan fingerprint density at radius 3 is 1.43 bits per heavy atom. The summed E-state index contributed by atoms with van der Waals surface area (Å²) >= 11 is 24.9. The van der Waals surface area contributed by atoms with E-state index in [0.29, 0.717) is 76.1 Å². The minimum absolute atomic E-state index is 0.186. The van der Waals surface area contributed by atoms with Crippen molar-refractivity contribution in [1.82, 2.24) is 19.8 Å². The van der Waals surface area contributed by atoms with Crippen molar-refractivity contribution in [2.75, 3.05) is 33.0 Å². The summed E-state index contributed by atoms with van der Waals surface area (Å²) in [6.45, 7) is 8.94. The van der Waals surface area contributed by atoms with Gasteiger partial charge in [-0.3, -0.25) is 19.2 Å². The first-order valence-corrected chi connectivity index (χ1v) is 22.5. The van der Waals surface area contributed by atoms with Gasteiger partial charge >= 0.3 is 11.9 Å². The third-order valence-corrected chi connectivity index (χ3v) is 13.9. The van der Waals surface area contributed by atoms with Crippen molar-refractivity contribution in [3.05, 3.63) is 151 Å². The van der Waals surface area contributed by atoms with Crippen LogP contribution in [0.5, 0.6) is 0 Å². The summed E-state index contributed by atoms with van der Waals surface area (Å²) in [6, 6.07) is 25.6. The second-order valence-electron chi connectivity index (χ2n) is 16.2. The van der Waals surface area contributed by atoms with E-state index in [2.05, 4.69) is 17.2 Å². The van der Waals surface area contributed by atoms with E-state index >= 15 is 0 Å². The molecule has 0 spiro atoms. The van der Waals surface area contributed by atoms with Gasteiger partial charge in [0.2, 0.25) is 0 Å². The molecule has 0 radical (unpaired) electrons. The number of hydrogen-bond acceptors (Lipinski definition) is 7. The number of carboxylic acid groups (broad SMARTS) is 1. The lowest BCUT2D eigenvalue weighted by Gasteiger charge is -2.42. The first-order valence-electron chi connectivity index (χ1n) is 21.0. The van der Waals surface area contributed by atoms with Crippen LogP contribution in [-0.4, -0.2) is 71.0 Å². The number of fused-ring (bicyclic) bond motifs is 2. The number of benzene rings is 4. The molecule has 65 heavy (non-hydrogen) atoms. The topological polar surface area (TPSA) is 150 Å². The second-order valence-corrected chi connectivity index (χ2v) is 17.8. The van der Waals surface area contributed by atoms with E-state index in [4.69, 9.17) is 60.6 Å². The van der Waals surface area contributed by atoms with E-state index in [1.807, 2.05) is 81.6 Å². The standard InChI is InChI=1S/C26H26Cl2N2O4.C23H22Cl2N2O4/c1-4-12-34-25(32)18(5-2)16-6-8-17(9-7-16)26(14-33-15-26)29-24(31)22-13-19-21(30(22)3)11-10-20(27)23(19)28;1-3-15(22(29)30)13-4-6-14(7-5-13)23(11-31-12-23)26-21(28)19-10-16-18(27(19)2)9-8-17(24)20(16)25/h4,6-11,13,18H,1,5,12,14-15H2,2-3H3,(H,29,31);4-10,15H,3,11-12H2,1-2H3,(H,26,28)(H,29,30). The molecule has 12 nitrogen and oxygen atoms in total. The Bertz CT molecular complexity index is 2790. The number of halogens is 4. The molecule has 0 saturated carbocycles. The van der Waals surface area contributed by atoms with Gasteiger partial charge in [-0.2, -0.15) is 0 Å². The molecule has 8 rings (SSSR count). The van der Waals surface area contributed by atoms with Gasteiger partial charge in [-0.15, -0.1) is 0 Å². The van der Waals surface area contributed by atoms with Crippen LogP contribution in [0.25, 0.3) is 21.8 Å². The lowest BCUT2D eigenvalue weighted by molar-refractivity contribution is -0.144. The molecule has 6 aromatic rings. The SMILES string of the molecule is C=CCOC(=O)C(CC)c1ccc(C2(NC(=O)c3cc4c(Cl)c(Cl)ccc4n3C)COC2)cc1.CCC(C(=O)O)c1ccc(C2(NC(=O)c3cc4c(Cl)c(Cl)ccc4n3C)COC2)cc1. The maximum absolute atomic E-state index is 13.3. The smallest absolute Gasteiger partial charge is 0.313 e. The van der Waals surface area contributed by atoms with Gasteiger partial charge in [0.25, 0.3) is 11.8 Å². The predicted octanol–water partition coefficient (Wildman–Crippen LogP) is 10.1. The number of amides is 2. The summed E-state index contributed by atoms with van der Waals surface area (Å²) in [5.41, 5.74) is 4.61.